The zero-order valence-electron chi connectivity index (χ0n) is 11.4. The highest BCUT2D eigenvalue weighted by Gasteiger charge is 2.41. The van der Waals surface area contributed by atoms with Gasteiger partial charge in [-0.1, -0.05) is 12.8 Å². The maximum absolute atomic E-state index is 11.5. The van der Waals surface area contributed by atoms with Gasteiger partial charge in [0, 0.05) is 13.1 Å². The van der Waals surface area contributed by atoms with Crippen LogP contribution in [0.4, 0.5) is 4.79 Å². The van der Waals surface area contributed by atoms with E-state index in [4.69, 9.17) is 0 Å². The van der Waals surface area contributed by atoms with E-state index in [0.29, 0.717) is 12.8 Å². The van der Waals surface area contributed by atoms with Crippen LogP contribution in [0.3, 0.4) is 0 Å². The molecule has 20 heavy (non-hydrogen) atoms. The van der Waals surface area contributed by atoms with Gasteiger partial charge in [-0.15, -0.1) is 0 Å². The van der Waals surface area contributed by atoms with Crippen LogP contribution in [0, 0.1) is 5.41 Å². The maximum Gasteiger partial charge on any atom is 0.314 e. The monoisotopic (exact) mass is 307 g/mol. The molecule has 0 aliphatic heterocycles. The van der Waals surface area contributed by atoms with E-state index < -0.39 is 27.4 Å². The number of urea groups is 1. The molecule has 0 spiro atoms. The third kappa shape index (κ3) is 4.64. The molecule has 116 valence electrons. The highest BCUT2D eigenvalue weighted by molar-refractivity contribution is 7.89. The van der Waals surface area contributed by atoms with Gasteiger partial charge in [0.15, 0.2) is 0 Å². The van der Waals surface area contributed by atoms with Crippen molar-refractivity contribution in [3.8, 4) is 0 Å². The lowest BCUT2D eigenvalue weighted by atomic mass is 9.86. The van der Waals surface area contributed by atoms with Crippen LogP contribution in [-0.2, 0) is 14.8 Å². The van der Waals surface area contributed by atoms with Crippen molar-refractivity contribution in [1.29, 1.82) is 0 Å². The lowest BCUT2D eigenvalue weighted by Crippen LogP contribution is -2.46. The topological polar surface area (TPSA) is 125 Å². The fraction of sp³-hybridized carbons (Fsp3) is 0.818. The van der Waals surface area contributed by atoms with Crippen LogP contribution in [0.25, 0.3) is 0 Å². The van der Waals surface area contributed by atoms with Crippen molar-refractivity contribution >= 4 is 22.0 Å². The lowest BCUT2D eigenvalue weighted by Gasteiger charge is -2.23. The van der Waals surface area contributed by atoms with Gasteiger partial charge in [0.2, 0.25) is 10.0 Å². The second-order valence-corrected chi connectivity index (χ2v) is 6.97. The first-order chi connectivity index (χ1) is 9.31. The van der Waals surface area contributed by atoms with Crippen LogP contribution in [-0.4, -0.2) is 51.4 Å². The lowest BCUT2D eigenvalue weighted by molar-refractivity contribution is -0.148. The van der Waals surface area contributed by atoms with Crippen molar-refractivity contribution in [2.24, 2.45) is 5.41 Å². The normalized spacial score (nSPS) is 17.6. The zero-order valence-corrected chi connectivity index (χ0v) is 12.3. The number of carbonyl (C=O) groups excluding carboxylic acids is 1. The van der Waals surface area contributed by atoms with Crippen molar-refractivity contribution in [2.45, 2.75) is 25.7 Å². The van der Waals surface area contributed by atoms with E-state index in [9.17, 15) is 23.1 Å². The Balaban J connectivity index is 2.34. The highest BCUT2D eigenvalue weighted by atomic mass is 32.2. The van der Waals surface area contributed by atoms with E-state index in [1.807, 2.05) is 0 Å². The number of hydrogen-bond acceptors (Lipinski definition) is 4. The summed E-state index contributed by atoms with van der Waals surface area (Å²) in [4.78, 5) is 22.8. The summed E-state index contributed by atoms with van der Waals surface area (Å²) in [6.07, 6.45) is 2.79. The van der Waals surface area contributed by atoms with Crippen LogP contribution < -0.4 is 15.4 Å². The number of carbonyl (C=O) groups is 2. The number of carboxylic acids is 1. The Bertz CT molecular complexity index is 457. The molecule has 0 heterocycles. The molecule has 0 atom stereocenters. The van der Waals surface area contributed by atoms with E-state index >= 15 is 0 Å². The molecule has 1 aliphatic carbocycles. The minimum absolute atomic E-state index is 0.0327. The van der Waals surface area contributed by atoms with Gasteiger partial charge in [0.05, 0.1) is 11.2 Å². The fourth-order valence-electron chi connectivity index (χ4n) is 2.23. The number of sulfonamides is 1. The van der Waals surface area contributed by atoms with Gasteiger partial charge in [-0.2, -0.15) is 0 Å². The first-order valence-corrected chi connectivity index (χ1v) is 8.13. The molecule has 0 radical (unpaired) electrons. The summed E-state index contributed by atoms with van der Waals surface area (Å²) in [6.45, 7) is 0.0298. The summed E-state index contributed by atoms with van der Waals surface area (Å²) in [5.74, 6) is -1.12. The first kappa shape index (κ1) is 16.7. The molecule has 0 saturated heterocycles. The van der Waals surface area contributed by atoms with Crippen LogP contribution >= 0.6 is 0 Å². The predicted octanol–water partition coefficient (Wildman–Crippen LogP) is -0.520. The SMILES string of the molecule is CNS(=O)(=O)CCNC(=O)NCC1(C(=O)O)CCCC1. The molecule has 1 rings (SSSR count). The molecule has 4 N–H and O–H groups in total. The summed E-state index contributed by atoms with van der Waals surface area (Å²) in [6, 6.07) is -0.552. The van der Waals surface area contributed by atoms with E-state index in [0.717, 1.165) is 12.8 Å². The highest BCUT2D eigenvalue weighted by Crippen LogP contribution is 2.37. The van der Waals surface area contributed by atoms with Crippen molar-refractivity contribution in [3.05, 3.63) is 0 Å². The molecule has 8 nitrogen and oxygen atoms in total. The molecule has 0 bridgehead atoms. The summed E-state index contributed by atoms with van der Waals surface area (Å²) in [7, 11) is -2.06. The first-order valence-electron chi connectivity index (χ1n) is 6.48. The van der Waals surface area contributed by atoms with Gasteiger partial charge in [-0.05, 0) is 19.9 Å². The molecular weight excluding hydrogens is 286 g/mol. The Morgan fingerprint density at radius 1 is 1.20 bits per heavy atom. The number of rotatable bonds is 7. The standard InChI is InChI=1S/C11H21N3O5S/c1-12-20(18,19)7-6-13-10(17)14-8-11(9(15)16)4-2-3-5-11/h12H,2-8H2,1H3,(H,15,16)(H2,13,14,17). The molecule has 1 aliphatic rings. The minimum atomic E-state index is -3.36. The molecular formula is C11H21N3O5S. The number of hydrogen-bond donors (Lipinski definition) is 4. The summed E-state index contributed by atoms with van der Waals surface area (Å²) >= 11 is 0. The summed E-state index contributed by atoms with van der Waals surface area (Å²) < 4.78 is 24.4. The molecule has 0 aromatic rings. The Morgan fingerprint density at radius 2 is 1.80 bits per heavy atom. The Morgan fingerprint density at radius 3 is 2.30 bits per heavy atom. The van der Waals surface area contributed by atoms with Gasteiger partial charge in [0.25, 0.3) is 0 Å². The third-order valence-corrected chi connectivity index (χ3v) is 4.93. The Hall–Kier alpha value is -1.35. The van der Waals surface area contributed by atoms with Crippen LogP contribution in [0.2, 0.25) is 0 Å². The number of amides is 2. The van der Waals surface area contributed by atoms with Crippen molar-refractivity contribution in [1.82, 2.24) is 15.4 Å². The second-order valence-electron chi connectivity index (χ2n) is 4.93. The maximum atomic E-state index is 11.5. The van der Waals surface area contributed by atoms with Crippen molar-refractivity contribution < 1.29 is 23.1 Å². The quantitative estimate of drug-likeness (QED) is 0.504. The third-order valence-electron chi connectivity index (χ3n) is 3.57. The van der Waals surface area contributed by atoms with Crippen LogP contribution in [0.1, 0.15) is 25.7 Å². The molecule has 0 unspecified atom stereocenters. The second kappa shape index (κ2) is 6.89. The van der Waals surface area contributed by atoms with Gasteiger partial charge >= 0.3 is 12.0 Å². The van der Waals surface area contributed by atoms with Crippen LogP contribution in [0.15, 0.2) is 0 Å². The molecule has 0 aromatic heterocycles. The van der Waals surface area contributed by atoms with E-state index in [2.05, 4.69) is 15.4 Å². The average molecular weight is 307 g/mol. The Kier molecular flexibility index (Phi) is 5.75. The number of carboxylic acid groups (broad SMARTS) is 1. The molecule has 0 aromatic carbocycles. The van der Waals surface area contributed by atoms with Crippen molar-refractivity contribution in [2.75, 3.05) is 25.9 Å². The molecule has 2 amide bonds. The number of nitrogens with one attached hydrogen (secondary N) is 3. The number of aliphatic carboxylic acids is 1. The fourth-order valence-corrected chi connectivity index (χ4v) is 2.81. The van der Waals surface area contributed by atoms with E-state index in [1.54, 1.807) is 0 Å². The van der Waals surface area contributed by atoms with Crippen molar-refractivity contribution in [3.63, 3.8) is 0 Å². The molecule has 1 fully saturated rings. The predicted molar refractivity (Wildman–Crippen MR) is 72.8 cm³/mol. The van der Waals surface area contributed by atoms with Gasteiger partial charge in [-0.3, -0.25) is 4.79 Å². The largest absolute Gasteiger partial charge is 0.481 e. The van der Waals surface area contributed by atoms with Gasteiger partial charge < -0.3 is 15.7 Å². The molecule has 1 saturated carbocycles. The van der Waals surface area contributed by atoms with Gasteiger partial charge in [-0.25, -0.2) is 17.9 Å². The van der Waals surface area contributed by atoms with E-state index in [-0.39, 0.29) is 18.8 Å². The smallest absolute Gasteiger partial charge is 0.314 e. The summed E-state index contributed by atoms with van der Waals surface area (Å²) in [5.41, 5.74) is -0.881. The Labute approximate surface area is 118 Å². The van der Waals surface area contributed by atoms with Crippen LogP contribution in [0.5, 0.6) is 0 Å². The zero-order chi connectivity index (χ0) is 15.2. The molecule has 9 heteroatoms. The summed E-state index contributed by atoms with van der Waals surface area (Å²) in [5, 5.41) is 14.1. The minimum Gasteiger partial charge on any atom is -0.481 e. The van der Waals surface area contributed by atoms with Gasteiger partial charge in [0.1, 0.15) is 0 Å². The van der Waals surface area contributed by atoms with E-state index in [1.165, 1.54) is 7.05 Å². The average Bonchev–Trinajstić information content (AvgIpc) is 2.86.